The molecule has 1 saturated heterocycles. The van der Waals surface area contributed by atoms with Gasteiger partial charge in [-0.1, -0.05) is 27.2 Å². The van der Waals surface area contributed by atoms with E-state index in [1.165, 1.54) is 0 Å². The van der Waals surface area contributed by atoms with Crippen LogP contribution in [0, 0.1) is 5.92 Å². The molecule has 0 aliphatic carbocycles. The Morgan fingerprint density at radius 2 is 2.11 bits per heavy atom. The van der Waals surface area contributed by atoms with Gasteiger partial charge in [0.05, 0.1) is 18.8 Å². The monoisotopic (exact) mass is 256 g/mol. The van der Waals surface area contributed by atoms with Crippen LogP contribution in [0.25, 0.3) is 0 Å². The SMILES string of the molecule is CCCC1NC(C)N(CCOCCC(C)C)C1=O. The van der Waals surface area contributed by atoms with E-state index < -0.39 is 0 Å². The molecule has 1 aliphatic heterocycles. The molecule has 1 amide bonds. The molecular formula is C14H28N2O2. The zero-order valence-corrected chi connectivity index (χ0v) is 12.2. The average Bonchev–Trinajstić information content (AvgIpc) is 2.56. The van der Waals surface area contributed by atoms with E-state index in [2.05, 4.69) is 26.1 Å². The van der Waals surface area contributed by atoms with Crippen molar-refractivity contribution in [3.05, 3.63) is 0 Å². The maximum absolute atomic E-state index is 12.1. The van der Waals surface area contributed by atoms with E-state index >= 15 is 0 Å². The summed E-state index contributed by atoms with van der Waals surface area (Å²) in [6.45, 7) is 10.7. The lowest BCUT2D eigenvalue weighted by Crippen LogP contribution is -2.37. The van der Waals surface area contributed by atoms with Gasteiger partial charge in [-0.25, -0.2) is 0 Å². The number of hydrogen-bond acceptors (Lipinski definition) is 3. The lowest BCUT2D eigenvalue weighted by Gasteiger charge is -2.20. The molecule has 1 fully saturated rings. The molecule has 2 unspecified atom stereocenters. The molecule has 0 saturated carbocycles. The Balaban J connectivity index is 2.23. The van der Waals surface area contributed by atoms with E-state index in [0.29, 0.717) is 19.1 Å². The highest BCUT2D eigenvalue weighted by Crippen LogP contribution is 2.13. The van der Waals surface area contributed by atoms with Gasteiger partial charge in [-0.15, -0.1) is 0 Å². The molecule has 2 atom stereocenters. The summed E-state index contributed by atoms with van der Waals surface area (Å²) < 4.78 is 5.58. The zero-order valence-electron chi connectivity index (χ0n) is 12.2. The summed E-state index contributed by atoms with van der Waals surface area (Å²) in [4.78, 5) is 14.0. The van der Waals surface area contributed by atoms with Crippen molar-refractivity contribution in [2.75, 3.05) is 19.8 Å². The zero-order chi connectivity index (χ0) is 13.5. The Hall–Kier alpha value is -0.610. The van der Waals surface area contributed by atoms with Crippen LogP contribution in [0.4, 0.5) is 0 Å². The third kappa shape index (κ3) is 4.58. The minimum absolute atomic E-state index is 0.0145. The number of nitrogens with zero attached hydrogens (tertiary/aromatic N) is 1. The Kier molecular flexibility index (Phi) is 6.65. The summed E-state index contributed by atoms with van der Waals surface area (Å²) in [7, 11) is 0. The number of carbonyl (C=O) groups excluding carboxylic acids is 1. The number of carbonyl (C=O) groups is 1. The van der Waals surface area contributed by atoms with Crippen molar-refractivity contribution in [1.82, 2.24) is 10.2 Å². The molecule has 0 aromatic carbocycles. The highest BCUT2D eigenvalue weighted by atomic mass is 16.5. The smallest absolute Gasteiger partial charge is 0.241 e. The van der Waals surface area contributed by atoms with Gasteiger partial charge in [0.2, 0.25) is 5.91 Å². The fraction of sp³-hybridized carbons (Fsp3) is 0.929. The molecule has 1 heterocycles. The molecular weight excluding hydrogens is 228 g/mol. The number of nitrogens with one attached hydrogen (secondary N) is 1. The number of hydrogen-bond donors (Lipinski definition) is 1. The van der Waals surface area contributed by atoms with Crippen LogP contribution in [-0.4, -0.2) is 42.8 Å². The predicted molar refractivity (Wildman–Crippen MR) is 73.3 cm³/mol. The van der Waals surface area contributed by atoms with Gasteiger partial charge in [0.1, 0.15) is 0 Å². The molecule has 18 heavy (non-hydrogen) atoms. The Bertz CT molecular complexity index is 256. The topological polar surface area (TPSA) is 41.6 Å². The van der Waals surface area contributed by atoms with Crippen molar-refractivity contribution in [2.45, 2.75) is 59.2 Å². The summed E-state index contributed by atoms with van der Waals surface area (Å²) in [6.07, 6.45) is 3.19. The third-order valence-electron chi connectivity index (χ3n) is 3.38. The third-order valence-corrected chi connectivity index (χ3v) is 3.38. The highest BCUT2D eigenvalue weighted by Gasteiger charge is 2.35. The van der Waals surface area contributed by atoms with Gasteiger partial charge in [0.15, 0.2) is 0 Å². The first-order valence-corrected chi connectivity index (χ1v) is 7.20. The van der Waals surface area contributed by atoms with Crippen molar-refractivity contribution < 1.29 is 9.53 Å². The lowest BCUT2D eigenvalue weighted by atomic mass is 10.1. The standard InChI is InChI=1S/C14H28N2O2/c1-5-6-13-14(17)16(12(4)15-13)8-10-18-9-7-11(2)3/h11-13,15H,5-10H2,1-4H3. The molecule has 1 N–H and O–H groups in total. The van der Waals surface area contributed by atoms with Gasteiger partial charge in [-0.05, 0) is 25.7 Å². The van der Waals surface area contributed by atoms with E-state index in [1.807, 2.05) is 11.8 Å². The molecule has 0 bridgehead atoms. The van der Waals surface area contributed by atoms with Crippen molar-refractivity contribution in [1.29, 1.82) is 0 Å². The minimum Gasteiger partial charge on any atom is -0.380 e. The van der Waals surface area contributed by atoms with Crippen LogP contribution in [0.2, 0.25) is 0 Å². The second-order valence-electron chi connectivity index (χ2n) is 5.51. The first-order chi connectivity index (χ1) is 8.56. The van der Waals surface area contributed by atoms with Gasteiger partial charge in [-0.2, -0.15) is 0 Å². The summed E-state index contributed by atoms with van der Waals surface area (Å²) in [5, 5.41) is 3.33. The van der Waals surface area contributed by atoms with E-state index in [4.69, 9.17) is 4.74 Å². The molecule has 4 nitrogen and oxygen atoms in total. The van der Waals surface area contributed by atoms with Gasteiger partial charge in [-0.3, -0.25) is 10.1 Å². The summed E-state index contributed by atoms with van der Waals surface area (Å²) in [5.41, 5.74) is 0. The number of ether oxygens (including phenoxy) is 1. The molecule has 0 spiro atoms. The van der Waals surface area contributed by atoms with E-state index in [0.717, 1.165) is 25.9 Å². The maximum atomic E-state index is 12.1. The Labute approximate surface area is 111 Å². The normalized spacial score (nSPS) is 24.3. The highest BCUT2D eigenvalue weighted by molar-refractivity contribution is 5.84. The van der Waals surface area contributed by atoms with Gasteiger partial charge in [0.25, 0.3) is 0 Å². The van der Waals surface area contributed by atoms with Crippen LogP contribution in [-0.2, 0) is 9.53 Å². The van der Waals surface area contributed by atoms with Crippen molar-refractivity contribution in [3.63, 3.8) is 0 Å². The van der Waals surface area contributed by atoms with Crippen LogP contribution in [0.5, 0.6) is 0 Å². The first-order valence-electron chi connectivity index (χ1n) is 7.20. The van der Waals surface area contributed by atoms with Crippen LogP contribution in [0.3, 0.4) is 0 Å². The van der Waals surface area contributed by atoms with Crippen molar-refractivity contribution >= 4 is 5.91 Å². The van der Waals surface area contributed by atoms with Gasteiger partial charge in [0, 0.05) is 13.2 Å². The van der Waals surface area contributed by atoms with Gasteiger partial charge < -0.3 is 9.64 Å². The molecule has 1 aliphatic rings. The van der Waals surface area contributed by atoms with E-state index in [9.17, 15) is 4.79 Å². The fourth-order valence-electron chi connectivity index (χ4n) is 2.23. The maximum Gasteiger partial charge on any atom is 0.241 e. The second-order valence-corrected chi connectivity index (χ2v) is 5.51. The average molecular weight is 256 g/mol. The first kappa shape index (κ1) is 15.4. The molecule has 1 rings (SSSR count). The van der Waals surface area contributed by atoms with Crippen LogP contribution in [0.1, 0.15) is 47.0 Å². The summed E-state index contributed by atoms with van der Waals surface area (Å²) in [5.74, 6) is 0.907. The van der Waals surface area contributed by atoms with Crippen LogP contribution < -0.4 is 5.32 Å². The van der Waals surface area contributed by atoms with Crippen molar-refractivity contribution in [3.8, 4) is 0 Å². The largest absolute Gasteiger partial charge is 0.380 e. The second kappa shape index (κ2) is 7.74. The van der Waals surface area contributed by atoms with Crippen LogP contribution >= 0.6 is 0 Å². The Morgan fingerprint density at radius 1 is 1.39 bits per heavy atom. The minimum atomic E-state index is 0.0145. The van der Waals surface area contributed by atoms with Crippen LogP contribution in [0.15, 0.2) is 0 Å². The number of amides is 1. The van der Waals surface area contributed by atoms with E-state index in [1.54, 1.807) is 0 Å². The predicted octanol–water partition coefficient (Wildman–Crippen LogP) is 2.00. The van der Waals surface area contributed by atoms with Crippen molar-refractivity contribution in [2.24, 2.45) is 5.92 Å². The lowest BCUT2D eigenvalue weighted by molar-refractivity contribution is -0.130. The van der Waals surface area contributed by atoms with Gasteiger partial charge >= 0.3 is 0 Å². The summed E-state index contributed by atoms with van der Waals surface area (Å²) in [6, 6.07) is 0.0145. The molecule has 4 heteroatoms. The molecule has 0 aromatic rings. The molecule has 0 aromatic heterocycles. The summed E-state index contributed by atoms with van der Waals surface area (Å²) >= 11 is 0. The van der Waals surface area contributed by atoms with E-state index in [-0.39, 0.29) is 18.1 Å². The number of rotatable bonds is 8. The fourth-order valence-corrected chi connectivity index (χ4v) is 2.23. The Morgan fingerprint density at radius 3 is 2.72 bits per heavy atom. The molecule has 0 radical (unpaired) electrons. The quantitative estimate of drug-likeness (QED) is 0.675. The molecule has 106 valence electrons.